The number of para-hydroxylation sites is 1. The Labute approximate surface area is 204 Å². The number of nitrogens with one attached hydrogen (secondary N) is 1. The van der Waals surface area contributed by atoms with Crippen molar-refractivity contribution in [3.63, 3.8) is 0 Å². The molecule has 182 valence electrons. The predicted octanol–water partition coefficient (Wildman–Crippen LogP) is 6.87. The van der Waals surface area contributed by atoms with Crippen molar-refractivity contribution in [2.45, 2.75) is 33.6 Å². The molecule has 0 bridgehead atoms. The van der Waals surface area contributed by atoms with E-state index in [1.54, 1.807) is 24.3 Å². The first-order valence-corrected chi connectivity index (χ1v) is 11.4. The summed E-state index contributed by atoms with van der Waals surface area (Å²) in [5.74, 6) is -1.19. The molecule has 4 aromatic rings. The fraction of sp³-hybridized carbons (Fsp3) is 0.214. The van der Waals surface area contributed by atoms with Crippen molar-refractivity contribution in [3.8, 4) is 22.6 Å². The van der Waals surface area contributed by atoms with Gasteiger partial charge in [-0.25, -0.2) is 9.18 Å². The Balaban J connectivity index is 0.00000167. The number of carboxylic acids is 1. The molecule has 0 saturated carbocycles. The highest BCUT2D eigenvalue weighted by molar-refractivity contribution is 6.06. The zero-order chi connectivity index (χ0) is 25.9. The maximum absolute atomic E-state index is 13.7. The molecule has 0 aliphatic rings. The standard InChI is InChI=1S/C26H24FN3O3.C2H6/c1-14(2)24-23(18-5-4-6-19(26(31)32)25(18)33-3)20-12-21(29)15(13-28)11-22(20)30(24)17-9-7-16(27)8-10-17;1-2/h4-14,28H,29H2,1-3H3,(H,31,32);1-2H3. The van der Waals surface area contributed by atoms with E-state index in [0.29, 0.717) is 16.8 Å². The Morgan fingerprint density at radius 3 is 2.34 bits per heavy atom. The predicted molar refractivity (Wildman–Crippen MR) is 140 cm³/mol. The number of fused-ring (bicyclic) bond motifs is 1. The van der Waals surface area contributed by atoms with Crippen LogP contribution in [0.15, 0.2) is 54.6 Å². The number of hydrogen-bond donors (Lipinski definition) is 3. The topological polar surface area (TPSA) is 101 Å². The third-order valence-electron chi connectivity index (χ3n) is 5.71. The lowest BCUT2D eigenvalue weighted by Crippen LogP contribution is -2.05. The molecule has 0 radical (unpaired) electrons. The van der Waals surface area contributed by atoms with Crippen molar-refractivity contribution in [2.24, 2.45) is 0 Å². The minimum atomic E-state index is -1.09. The molecule has 1 heterocycles. The maximum atomic E-state index is 13.7. The Morgan fingerprint density at radius 2 is 1.80 bits per heavy atom. The van der Waals surface area contributed by atoms with Gasteiger partial charge in [-0.2, -0.15) is 0 Å². The Morgan fingerprint density at radius 1 is 1.14 bits per heavy atom. The first-order chi connectivity index (χ1) is 16.8. The molecule has 6 nitrogen and oxygen atoms in total. The Bertz CT molecular complexity index is 1390. The van der Waals surface area contributed by atoms with E-state index in [1.165, 1.54) is 31.5 Å². The highest BCUT2D eigenvalue weighted by Crippen LogP contribution is 2.45. The number of anilines is 1. The number of nitrogens with zero attached hydrogens (tertiary/aromatic N) is 1. The van der Waals surface area contributed by atoms with E-state index in [9.17, 15) is 14.3 Å². The zero-order valence-corrected chi connectivity index (χ0v) is 20.5. The van der Waals surface area contributed by atoms with Crippen LogP contribution in [-0.4, -0.2) is 29.0 Å². The van der Waals surface area contributed by atoms with Gasteiger partial charge in [0.1, 0.15) is 17.1 Å². The number of ether oxygens (including phenoxy) is 1. The molecule has 7 heteroatoms. The first kappa shape index (κ1) is 25.5. The molecule has 1 aromatic heterocycles. The number of aromatic nitrogens is 1. The second kappa shape index (κ2) is 10.4. The number of nitrogen functional groups attached to an aromatic ring is 1. The smallest absolute Gasteiger partial charge is 0.339 e. The highest BCUT2D eigenvalue weighted by atomic mass is 19.1. The Hall–Kier alpha value is -4.13. The summed E-state index contributed by atoms with van der Waals surface area (Å²) in [7, 11) is 1.45. The Kier molecular flexibility index (Phi) is 7.59. The van der Waals surface area contributed by atoms with Gasteiger partial charge in [0, 0.05) is 45.4 Å². The summed E-state index contributed by atoms with van der Waals surface area (Å²) >= 11 is 0. The van der Waals surface area contributed by atoms with E-state index in [1.807, 2.05) is 44.4 Å². The number of rotatable bonds is 6. The maximum Gasteiger partial charge on any atom is 0.339 e. The van der Waals surface area contributed by atoms with Crippen LogP contribution in [0.5, 0.6) is 5.75 Å². The third kappa shape index (κ3) is 4.49. The average molecular weight is 476 g/mol. The number of carbonyl (C=O) groups is 1. The SMILES string of the molecule is CC.COc1c(C(=O)O)cccc1-c1c(C(C)C)n(-c2ccc(F)cc2)c2cc(C=N)c(N)cc12. The summed E-state index contributed by atoms with van der Waals surface area (Å²) in [6.07, 6.45) is 1.19. The van der Waals surface area contributed by atoms with Crippen LogP contribution < -0.4 is 10.5 Å². The molecule has 4 rings (SSSR count). The number of nitrogens with two attached hydrogens (primary N) is 1. The fourth-order valence-electron chi connectivity index (χ4n) is 4.33. The molecule has 0 amide bonds. The second-order valence-electron chi connectivity index (χ2n) is 8.06. The molecule has 0 atom stereocenters. The summed E-state index contributed by atoms with van der Waals surface area (Å²) in [5, 5.41) is 18.3. The number of methoxy groups -OCH3 is 1. The molecule has 0 spiro atoms. The molecule has 0 unspecified atom stereocenters. The van der Waals surface area contributed by atoms with Gasteiger partial charge in [-0.15, -0.1) is 0 Å². The van der Waals surface area contributed by atoms with Crippen molar-refractivity contribution >= 4 is 28.8 Å². The van der Waals surface area contributed by atoms with Crippen molar-refractivity contribution in [1.82, 2.24) is 4.57 Å². The van der Waals surface area contributed by atoms with Crippen LogP contribution in [0.25, 0.3) is 27.7 Å². The van der Waals surface area contributed by atoms with Gasteiger partial charge >= 0.3 is 5.97 Å². The van der Waals surface area contributed by atoms with E-state index >= 15 is 0 Å². The lowest BCUT2D eigenvalue weighted by atomic mass is 9.94. The van der Waals surface area contributed by atoms with Crippen LogP contribution in [0.4, 0.5) is 10.1 Å². The van der Waals surface area contributed by atoms with Gasteiger partial charge in [-0.3, -0.25) is 0 Å². The lowest BCUT2D eigenvalue weighted by molar-refractivity contribution is 0.0693. The largest absolute Gasteiger partial charge is 0.495 e. The fourth-order valence-corrected chi connectivity index (χ4v) is 4.33. The molecule has 35 heavy (non-hydrogen) atoms. The zero-order valence-electron chi connectivity index (χ0n) is 20.5. The van der Waals surface area contributed by atoms with Gasteiger partial charge in [0.15, 0.2) is 0 Å². The first-order valence-electron chi connectivity index (χ1n) is 11.4. The second-order valence-corrected chi connectivity index (χ2v) is 8.06. The number of halogens is 1. The number of hydrogen-bond acceptors (Lipinski definition) is 4. The van der Waals surface area contributed by atoms with Crippen LogP contribution in [-0.2, 0) is 0 Å². The van der Waals surface area contributed by atoms with E-state index in [2.05, 4.69) is 0 Å². The van der Waals surface area contributed by atoms with E-state index in [-0.39, 0.29) is 23.0 Å². The van der Waals surface area contributed by atoms with Crippen molar-refractivity contribution in [3.05, 3.63) is 77.2 Å². The third-order valence-corrected chi connectivity index (χ3v) is 5.71. The highest BCUT2D eigenvalue weighted by Gasteiger charge is 2.26. The molecule has 0 fully saturated rings. The molecule has 0 aliphatic carbocycles. The summed E-state index contributed by atoms with van der Waals surface area (Å²) in [6.45, 7) is 8.07. The quantitative estimate of drug-likeness (QED) is 0.209. The van der Waals surface area contributed by atoms with Crippen molar-refractivity contribution in [1.29, 1.82) is 5.41 Å². The van der Waals surface area contributed by atoms with Gasteiger partial charge in [0.05, 0.1) is 12.6 Å². The minimum absolute atomic E-state index is 0.000277. The van der Waals surface area contributed by atoms with Crippen LogP contribution in [0.1, 0.15) is 55.2 Å². The average Bonchev–Trinajstić information content (AvgIpc) is 3.18. The van der Waals surface area contributed by atoms with Gasteiger partial charge in [-0.1, -0.05) is 39.8 Å². The summed E-state index contributed by atoms with van der Waals surface area (Å²) < 4.78 is 21.3. The molecule has 3 aromatic carbocycles. The molecule has 4 N–H and O–H groups in total. The normalized spacial score (nSPS) is 10.7. The minimum Gasteiger partial charge on any atom is -0.495 e. The molecule has 0 aliphatic heterocycles. The van der Waals surface area contributed by atoms with Crippen LogP contribution >= 0.6 is 0 Å². The molecular weight excluding hydrogens is 445 g/mol. The summed E-state index contributed by atoms with van der Waals surface area (Å²) in [4.78, 5) is 11.9. The van der Waals surface area contributed by atoms with E-state index in [0.717, 1.165) is 27.8 Å². The molecular formula is C28H30FN3O3. The lowest BCUT2D eigenvalue weighted by Gasteiger charge is -2.17. The van der Waals surface area contributed by atoms with Crippen LogP contribution in [0.2, 0.25) is 0 Å². The van der Waals surface area contributed by atoms with E-state index < -0.39 is 5.97 Å². The van der Waals surface area contributed by atoms with Gasteiger partial charge < -0.3 is 25.6 Å². The summed E-state index contributed by atoms with van der Waals surface area (Å²) in [5.41, 5.74) is 11.1. The molecule has 0 saturated heterocycles. The van der Waals surface area contributed by atoms with Gasteiger partial charge in [0.2, 0.25) is 0 Å². The van der Waals surface area contributed by atoms with Gasteiger partial charge in [-0.05, 0) is 48.4 Å². The number of carboxylic acid groups (broad SMARTS) is 1. The van der Waals surface area contributed by atoms with Crippen LogP contribution in [0, 0.1) is 11.2 Å². The van der Waals surface area contributed by atoms with Crippen molar-refractivity contribution in [2.75, 3.05) is 12.8 Å². The number of benzene rings is 3. The van der Waals surface area contributed by atoms with Crippen LogP contribution in [0.3, 0.4) is 0 Å². The number of aromatic carboxylic acids is 1. The van der Waals surface area contributed by atoms with Crippen molar-refractivity contribution < 1.29 is 19.0 Å². The van der Waals surface area contributed by atoms with Gasteiger partial charge in [0.25, 0.3) is 0 Å². The monoisotopic (exact) mass is 475 g/mol. The van der Waals surface area contributed by atoms with E-state index in [4.69, 9.17) is 15.9 Å². The summed E-state index contributed by atoms with van der Waals surface area (Å²) in [6, 6.07) is 14.8.